The summed E-state index contributed by atoms with van der Waals surface area (Å²) in [7, 11) is 3.74. The molecule has 0 saturated carbocycles. The lowest BCUT2D eigenvalue weighted by molar-refractivity contribution is -0.126. The van der Waals surface area contributed by atoms with E-state index in [1.54, 1.807) is 15.6 Å². The fraction of sp³-hybridized carbons (Fsp3) is 0.688. The van der Waals surface area contributed by atoms with Crippen LogP contribution < -0.4 is 4.90 Å². The van der Waals surface area contributed by atoms with Crippen molar-refractivity contribution in [3.63, 3.8) is 0 Å². The SMILES string of the molecule is Cn1cc(N2CCCC(N3CCN(Cc4nnnn4C)CC3)C2=O)cn1. The third kappa shape index (κ3) is 3.34. The molecule has 2 aromatic rings. The average Bonchev–Trinajstić information content (AvgIpc) is 3.25. The number of tetrazole rings is 1. The van der Waals surface area contributed by atoms with Crippen LogP contribution in [0.3, 0.4) is 0 Å². The summed E-state index contributed by atoms with van der Waals surface area (Å²) in [4.78, 5) is 19.6. The minimum atomic E-state index is -0.0254. The van der Waals surface area contributed by atoms with Gasteiger partial charge >= 0.3 is 0 Å². The average molecular weight is 359 g/mol. The maximum atomic E-state index is 13.0. The molecule has 2 saturated heterocycles. The van der Waals surface area contributed by atoms with Crippen LogP contribution >= 0.6 is 0 Å². The summed E-state index contributed by atoms with van der Waals surface area (Å²) in [5.41, 5.74) is 0.899. The fourth-order valence-electron chi connectivity index (χ4n) is 3.81. The minimum Gasteiger partial charge on any atom is -0.308 e. The molecule has 0 aliphatic carbocycles. The van der Waals surface area contributed by atoms with Crippen molar-refractivity contribution in [2.24, 2.45) is 14.1 Å². The van der Waals surface area contributed by atoms with Crippen molar-refractivity contribution in [1.29, 1.82) is 0 Å². The van der Waals surface area contributed by atoms with Crippen LogP contribution in [0.25, 0.3) is 0 Å². The maximum absolute atomic E-state index is 13.0. The van der Waals surface area contributed by atoms with Crippen molar-refractivity contribution < 1.29 is 4.79 Å². The fourth-order valence-corrected chi connectivity index (χ4v) is 3.81. The van der Waals surface area contributed by atoms with Gasteiger partial charge in [0.05, 0.1) is 24.5 Å². The van der Waals surface area contributed by atoms with E-state index in [1.807, 2.05) is 25.2 Å². The monoisotopic (exact) mass is 359 g/mol. The van der Waals surface area contributed by atoms with Crippen LogP contribution in [0, 0.1) is 0 Å². The molecule has 2 aliphatic heterocycles. The van der Waals surface area contributed by atoms with E-state index in [0.29, 0.717) is 0 Å². The number of aryl methyl sites for hydroxylation is 2. The molecule has 1 atom stereocenters. The molecule has 0 aromatic carbocycles. The number of piperazine rings is 1. The van der Waals surface area contributed by atoms with Crippen molar-refractivity contribution >= 4 is 11.6 Å². The van der Waals surface area contributed by atoms with Crippen LogP contribution in [0.15, 0.2) is 12.4 Å². The molecule has 0 N–H and O–H groups in total. The van der Waals surface area contributed by atoms with Gasteiger partial charge in [-0.15, -0.1) is 5.10 Å². The second kappa shape index (κ2) is 7.12. The first kappa shape index (κ1) is 17.1. The molecule has 26 heavy (non-hydrogen) atoms. The van der Waals surface area contributed by atoms with E-state index in [4.69, 9.17) is 0 Å². The highest BCUT2D eigenvalue weighted by molar-refractivity contribution is 5.97. The van der Waals surface area contributed by atoms with Crippen LogP contribution in [-0.2, 0) is 25.4 Å². The molecule has 140 valence electrons. The largest absolute Gasteiger partial charge is 0.308 e. The zero-order valence-electron chi connectivity index (χ0n) is 15.3. The van der Waals surface area contributed by atoms with Gasteiger partial charge in [-0.1, -0.05) is 0 Å². The first-order chi connectivity index (χ1) is 12.6. The molecule has 0 radical (unpaired) electrons. The summed E-state index contributed by atoms with van der Waals surface area (Å²) in [5.74, 6) is 1.07. The molecule has 0 bridgehead atoms. The first-order valence-electron chi connectivity index (χ1n) is 9.09. The van der Waals surface area contributed by atoms with Crippen LogP contribution in [0.1, 0.15) is 18.7 Å². The van der Waals surface area contributed by atoms with Gasteiger partial charge in [0, 0.05) is 53.0 Å². The molecule has 4 heterocycles. The van der Waals surface area contributed by atoms with Crippen molar-refractivity contribution in [1.82, 2.24) is 39.8 Å². The number of anilines is 1. The van der Waals surface area contributed by atoms with E-state index >= 15 is 0 Å². The highest BCUT2D eigenvalue weighted by Crippen LogP contribution is 2.24. The summed E-state index contributed by atoms with van der Waals surface area (Å²) < 4.78 is 3.45. The predicted octanol–water partition coefficient (Wildman–Crippen LogP) is -0.743. The number of aromatic nitrogens is 6. The van der Waals surface area contributed by atoms with Gasteiger partial charge in [0.2, 0.25) is 5.91 Å². The number of piperidine rings is 1. The van der Waals surface area contributed by atoms with E-state index in [0.717, 1.165) is 63.6 Å². The Morgan fingerprint density at radius 3 is 2.62 bits per heavy atom. The summed E-state index contributed by atoms with van der Waals surface area (Å²) >= 11 is 0. The molecular weight excluding hydrogens is 334 g/mol. The Balaban J connectivity index is 1.36. The number of hydrogen-bond acceptors (Lipinski definition) is 7. The van der Waals surface area contributed by atoms with E-state index in [1.165, 1.54) is 0 Å². The third-order valence-electron chi connectivity index (χ3n) is 5.33. The molecule has 2 fully saturated rings. The van der Waals surface area contributed by atoms with Crippen molar-refractivity contribution in [3.05, 3.63) is 18.2 Å². The minimum absolute atomic E-state index is 0.0254. The second-order valence-corrected chi connectivity index (χ2v) is 7.05. The standard InChI is InChI=1S/C16H25N9O/c1-21-11-13(10-17-21)25-5-3-4-14(16(25)26)24-8-6-23(7-9-24)12-15-18-19-20-22(15)2/h10-11,14H,3-9,12H2,1-2H3. The van der Waals surface area contributed by atoms with Crippen molar-refractivity contribution in [2.75, 3.05) is 37.6 Å². The van der Waals surface area contributed by atoms with Gasteiger partial charge in [-0.25, -0.2) is 4.68 Å². The lowest BCUT2D eigenvalue weighted by Gasteiger charge is -2.42. The van der Waals surface area contributed by atoms with Gasteiger partial charge in [-0.05, 0) is 23.3 Å². The van der Waals surface area contributed by atoms with E-state index < -0.39 is 0 Å². The number of rotatable bonds is 4. The molecule has 10 heteroatoms. The highest BCUT2D eigenvalue weighted by Gasteiger charge is 2.35. The van der Waals surface area contributed by atoms with Crippen LogP contribution in [0.2, 0.25) is 0 Å². The Hall–Kier alpha value is -2.33. The zero-order valence-corrected chi connectivity index (χ0v) is 15.3. The molecule has 2 aliphatic rings. The van der Waals surface area contributed by atoms with Gasteiger partial charge < -0.3 is 4.90 Å². The number of hydrogen-bond donors (Lipinski definition) is 0. The molecular formula is C16H25N9O. The number of nitrogens with zero attached hydrogens (tertiary/aromatic N) is 9. The number of carbonyl (C=O) groups is 1. The first-order valence-corrected chi connectivity index (χ1v) is 9.09. The third-order valence-corrected chi connectivity index (χ3v) is 5.33. The molecule has 2 aromatic heterocycles. The van der Waals surface area contributed by atoms with Gasteiger partial charge in [0.25, 0.3) is 0 Å². The van der Waals surface area contributed by atoms with Gasteiger partial charge in [0.15, 0.2) is 5.82 Å². The lowest BCUT2D eigenvalue weighted by atomic mass is 10.0. The summed E-state index contributed by atoms with van der Waals surface area (Å²) in [6.07, 6.45) is 5.64. The molecule has 4 rings (SSSR count). The Kier molecular flexibility index (Phi) is 4.68. The maximum Gasteiger partial charge on any atom is 0.244 e. The Morgan fingerprint density at radius 1 is 1.15 bits per heavy atom. The second-order valence-electron chi connectivity index (χ2n) is 7.05. The summed E-state index contributed by atoms with van der Waals surface area (Å²) in [6, 6.07) is -0.0254. The van der Waals surface area contributed by atoms with Crippen molar-refractivity contribution in [2.45, 2.75) is 25.4 Å². The topological polar surface area (TPSA) is 88.2 Å². The van der Waals surface area contributed by atoms with Gasteiger partial charge in [-0.3, -0.25) is 19.3 Å². The van der Waals surface area contributed by atoms with E-state index in [9.17, 15) is 4.79 Å². The molecule has 1 unspecified atom stereocenters. The van der Waals surface area contributed by atoms with E-state index in [2.05, 4.69) is 30.4 Å². The lowest BCUT2D eigenvalue weighted by Crippen LogP contribution is -2.57. The zero-order chi connectivity index (χ0) is 18.1. The summed E-state index contributed by atoms with van der Waals surface area (Å²) in [5, 5.41) is 15.8. The van der Waals surface area contributed by atoms with Gasteiger partial charge in [0.1, 0.15) is 0 Å². The molecule has 10 nitrogen and oxygen atoms in total. The number of amides is 1. The van der Waals surface area contributed by atoms with Crippen LogP contribution in [-0.4, -0.2) is 84.5 Å². The Morgan fingerprint density at radius 2 is 1.96 bits per heavy atom. The van der Waals surface area contributed by atoms with Gasteiger partial charge in [-0.2, -0.15) is 5.10 Å². The molecule has 1 amide bonds. The van der Waals surface area contributed by atoms with E-state index in [-0.39, 0.29) is 11.9 Å². The summed E-state index contributed by atoms with van der Waals surface area (Å²) in [6.45, 7) is 5.15. The van der Waals surface area contributed by atoms with Crippen LogP contribution in [0.4, 0.5) is 5.69 Å². The predicted molar refractivity (Wildman–Crippen MR) is 94.2 cm³/mol. The quantitative estimate of drug-likeness (QED) is 0.710. The Bertz CT molecular complexity index is 761. The number of carbonyl (C=O) groups excluding carboxylic acids is 1. The smallest absolute Gasteiger partial charge is 0.244 e. The molecule has 0 spiro atoms. The van der Waals surface area contributed by atoms with Crippen molar-refractivity contribution in [3.8, 4) is 0 Å². The highest BCUT2D eigenvalue weighted by atomic mass is 16.2. The Labute approximate surface area is 152 Å². The van der Waals surface area contributed by atoms with Crippen LogP contribution in [0.5, 0.6) is 0 Å². The normalized spacial score (nSPS) is 22.9.